The highest BCUT2D eigenvalue weighted by molar-refractivity contribution is 4.65. The lowest BCUT2D eigenvalue weighted by Crippen LogP contribution is -2.16. The Labute approximate surface area is 294 Å². The number of hydrogen-bond acceptors (Lipinski definition) is 1. The van der Waals surface area contributed by atoms with Crippen molar-refractivity contribution in [2.24, 2.45) is 0 Å². The van der Waals surface area contributed by atoms with Crippen LogP contribution >= 0.6 is 0 Å². The van der Waals surface area contributed by atoms with Crippen LogP contribution in [0.1, 0.15) is 264 Å². The molecule has 0 aromatic carbocycles. The Balaban J connectivity index is 3.03. The van der Waals surface area contributed by atoms with Gasteiger partial charge in [-0.05, 0) is 38.8 Å². The Morgan fingerprint density at radius 1 is 0.283 bits per heavy atom. The largest absolute Gasteiger partial charge is 0.317 e. The van der Waals surface area contributed by atoms with Crippen LogP contribution in [-0.2, 0) is 0 Å². The van der Waals surface area contributed by atoms with Gasteiger partial charge in [-0.1, -0.05) is 244 Å². The molecule has 1 heteroatoms. The highest BCUT2D eigenvalue weighted by atomic mass is 14.8. The van der Waals surface area contributed by atoms with Crippen molar-refractivity contribution >= 4 is 0 Å². The topological polar surface area (TPSA) is 12.0 Å². The lowest BCUT2D eigenvalue weighted by atomic mass is 10.0. The maximum atomic E-state index is 3.81. The lowest BCUT2D eigenvalue weighted by Gasteiger charge is -2.06. The Kier molecular flexibility index (Phi) is 44.4. The van der Waals surface area contributed by atoms with Crippen LogP contribution in [0.3, 0.4) is 0 Å². The van der Waals surface area contributed by atoms with Crippen LogP contribution in [0, 0.1) is 0 Å². The van der Waals surface area contributed by atoms with Crippen molar-refractivity contribution in [1.29, 1.82) is 0 Å². The molecular formula is C45H91N. The number of nitrogens with one attached hydrogen (secondary N) is 1. The smallest absolute Gasteiger partial charge is 0.00489 e. The third-order valence-corrected chi connectivity index (χ3v) is 10.5. The van der Waals surface area contributed by atoms with E-state index in [1.54, 1.807) is 0 Å². The molecule has 0 rings (SSSR count). The van der Waals surface area contributed by atoms with Gasteiger partial charge in [-0.25, -0.2) is 0 Å². The van der Waals surface area contributed by atoms with Crippen molar-refractivity contribution in [2.45, 2.75) is 264 Å². The average Bonchev–Trinajstić information content (AvgIpc) is 3.07. The van der Waals surface area contributed by atoms with Crippen LogP contribution in [0.4, 0.5) is 0 Å². The molecule has 0 fully saturated rings. The summed E-state index contributed by atoms with van der Waals surface area (Å²) in [7, 11) is 0. The Bertz CT molecular complexity index is 513. The first-order chi connectivity index (χ1) is 22.9. The fraction of sp³-hybridized carbons (Fsp3) is 0.956. The zero-order valence-electron chi connectivity index (χ0n) is 32.5. The van der Waals surface area contributed by atoms with Gasteiger partial charge in [0.2, 0.25) is 0 Å². The van der Waals surface area contributed by atoms with E-state index in [-0.39, 0.29) is 0 Å². The fourth-order valence-electron chi connectivity index (χ4n) is 7.17. The normalized spacial score (nSPS) is 11.5. The SMILES string of the molecule is C=CCCCCCCCCCCCCCCCCCCCCCNCCCCCCCCCCCCCCCCCCCCCC. The van der Waals surface area contributed by atoms with Gasteiger partial charge in [-0.2, -0.15) is 0 Å². The fourth-order valence-corrected chi connectivity index (χ4v) is 7.17. The minimum atomic E-state index is 1.21. The molecule has 0 saturated heterocycles. The summed E-state index contributed by atoms with van der Waals surface area (Å²) in [6, 6.07) is 0. The highest BCUT2D eigenvalue weighted by Gasteiger charge is 1.98. The molecule has 0 unspecified atom stereocenters. The van der Waals surface area contributed by atoms with E-state index >= 15 is 0 Å². The predicted molar refractivity (Wildman–Crippen MR) is 213 cm³/mol. The van der Waals surface area contributed by atoms with Crippen molar-refractivity contribution in [1.82, 2.24) is 5.32 Å². The second kappa shape index (κ2) is 44.7. The molecule has 0 aromatic heterocycles. The van der Waals surface area contributed by atoms with Crippen molar-refractivity contribution in [3.8, 4) is 0 Å². The monoisotopic (exact) mass is 646 g/mol. The van der Waals surface area contributed by atoms with E-state index in [1.807, 2.05) is 0 Å². The maximum absolute atomic E-state index is 3.81. The molecule has 0 heterocycles. The third kappa shape index (κ3) is 43.7. The minimum absolute atomic E-state index is 1.21. The van der Waals surface area contributed by atoms with Gasteiger partial charge in [-0.3, -0.25) is 0 Å². The molecule has 0 atom stereocenters. The molecule has 0 radical (unpaired) electrons. The van der Waals surface area contributed by atoms with Crippen molar-refractivity contribution < 1.29 is 0 Å². The minimum Gasteiger partial charge on any atom is -0.317 e. The molecule has 1 N–H and O–H groups in total. The zero-order chi connectivity index (χ0) is 33.1. The first kappa shape index (κ1) is 45.7. The van der Waals surface area contributed by atoms with Gasteiger partial charge in [0.25, 0.3) is 0 Å². The van der Waals surface area contributed by atoms with Crippen molar-refractivity contribution in [3.63, 3.8) is 0 Å². The maximum Gasteiger partial charge on any atom is -0.00489 e. The summed E-state index contributed by atoms with van der Waals surface area (Å²) in [5, 5.41) is 3.70. The van der Waals surface area contributed by atoms with E-state index in [4.69, 9.17) is 0 Å². The number of unbranched alkanes of at least 4 members (excludes halogenated alkanes) is 38. The van der Waals surface area contributed by atoms with Crippen LogP contribution in [0.15, 0.2) is 12.7 Å². The molecule has 46 heavy (non-hydrogen) atoms. The van der Waals surface area contributed by atoms with E-state index in [2.05, 4.69) is 24.9 Å². The summed E-state index contributed by atoms with van der Waals surface area (Å²) in [5.41, 5.74) is 0. The highest BCUT2D eigenvalue weighted by Crippen LogP contribution is 2.16. The van der Waals surface area contributed by atoms with Crippen molar-refractivity contribution in [3.05, 3.63) is 12.7 Å². The van der Waals surface area contributed by atoms with E-state index in [9.17, 15) is 0 Å². The number of hydrogen-bond donors (Lipinski definition) is 1. The standard InChI is InChI=1S/C45H91N/c1-3-5-7-9-11-13-15-17-19-21-23-25-27-29-31-33-35-37-39-41-43-45-46-44-42-40-38-36-34-32-30-28-26-24-22-20-18-16-14-12-10-8-6-4-2/h3,46H,1,4-45H2,2H3. The van der Waals surface area contributed by atoms with Crippen LogP contribution in [-0.4, -0.2) is 13.1 Å². The van der Waals surface area contributed by atoms with Gasteiger partial charge < -0.3 is 5.32 Å². The van der Waals surface area contributed by atoms with Gasteiger partial charge in [0.1, 0.15) is 0 Å². The van der Waals surface area contributed by atoms with Crippen LogP contribution < -0.4 is 5.32 Å². The summed E-state index contributed by atoms with van der Waals surface area (Å²) < 4.78 is 0. The predicted octanol–water partition coefficient (Wildman–Crippen LogP) is 16.4. The lowest BCUT2D eigenvalue weighted by molar-refractivity contribution is 0.512. The van der Waals surface area contributed by atoms with Gasteiger partial charge in [0.05, 0.1) is 0 Å². The van der Waals surface area contributed by atoms with Gasteiger partial charge in [-0.15, -0.1) is 6.58 Å². The molecule has 1 nitrogen and oxygen atoms in total. The summed E-state index contributed by atoms with van der Waals surface area (Å²) in [4.78, 5) is 0. The number of rotatable bonds is 43. The molecule has 0 aromatic rings. The Morgan fingerprint density at radius 2 is 0.478 bits per heavy atom. The summed E-state index contributed by atoms with van der Waals surface area (Å²) in [5.74, 6) is 0. The summed E-state index contributed by atoms with van der Waals surface area (Å²) >= 11 is 0. The Morgan fingerprint density at radius 3 is 0.696 bits per heavy atom. The Hall–Kier alpha value is -0.300. The molecular weight excluding hydrogens is 555 g/mol. The quantitative estimate of drug-likeness (QED) is 0.0514. The van der Waals surface area contributed by atoms with E-state index < -0.39 is 0 Å². The second-order valence-corrected chi connectivity index (χ2v) is 15.3. The molecule has 0 bridgehead atoms. The van der Waals surface area contributed by atoms with Crippen LogP contribution in [0.25, 0.3) is 0 Å². The van der Waals surface area contributed by atoms with E-state index in [1.165, 1.54) is 270 Å². The molecule has 0 aliphatic heterocycles. The van der Waals surface area contributed by atoms with Crippen LogP contribution in [0.5, 0.6) is 0 Å². The first-order valence-corrected chi connectivity index (χ1v) is 22.2. The summed E-state index contributed by atoms with van der Waals surface area (Å²) in [6.45, 7) is 8.61. The van der Waals surface area contributed by atoms with Crippen LogP contribution in [0.2, 0.25) is 0 Å². The van der Waals surface area contributed by atoms with E-state index in [0.29, 0.717) is 0 Å². The molecule has 0 spiro atoms. The zero-order valence-corrected chi connectivity index (χ0v) is 32.5. The third-order valence-electron chi connectivity index (χ3n) is 10.5. The van der Waals surface area contributed by atoms with E-state index in [0.717, 1.165) is 0 Å². The number of allylic oxidation sites excluding steroid dienone is 1. The van der Waals surface area contributed by atoms with Gasteiger partial charge >= 0.3 is 0 Å². The first-order valence-electron chi connectivity index (χ1n) is 22.2. The molecule has 0 saturated carbocycles. The van der Waals surface area contributed by atoms with Gasteiger partial charge in [0, 0.05) is 0 Å². The summed E-state index contributed by atoms with van der Waals surface area (Å²) in [6.07, 6.45) is 60.2. The molecule has 276 valence electrons. The second-order valence-electron chi connectivity index (χ2n) is 15.3. The molecule has 0 aliphatic carbocycles. The van der Waals surface area contributed by atoms with Gasteiger partial charge in [0.15, 0.2) is 0 Å². The average molecular weight is 646 g/mol. The molecule has 0 amide bonds. The van der Waals surface area contributed by atoms with Crippen molar-refractivity contribution in [2.75, 3.05) is 13.1 Å². The molecule has 0 aliphatic rings.